The Morgan fingerprint density at radius 3 is 2.77 bits per heavy atom. The van der Waals surface area contributed by atoms with Crippen LogP contribution in [0.4, 0.5) is 5.69 Å². The number of anilines is 1. The third-order valence-electron chi connectivity index (χ3n) is 2.72. The number of thioether (sulfide) groups is 1. The first-order valence-electron chi connectivity index (χ1n) is 6.57. The molecular formula is C14H14N2O2S4. The molecule has 0 aliphatic heterocycles. The molecule has 0 radical (unpaired) electrons. The van der Waals surface area contributed by atoms with E-state index in [0.29, 0.717) is 15.1 Å². The molecule has 0 spiro atoms. The molecule has 22 heavy (non-hydrogen) atoms. The molecule has 116 valence electrons. The summed E-state index contributed by atoms with van der Waals surface area (Å²) in [6.45, 7) is 4.24. The van der Waals surface area contributed by atoms with Crippen molar-refractivity contribution in [3.63, 3.8) is 0 Å². The second kappa shape index (κ2) is 6.19. The van der Waals surface area contributed by atoms with Gasteiger partial charge in [-0.3, -0.25) is 4.72 Å². The molecule has 0 bridgehead atoms. The quantitative estimate of drug-likeness (QED) is 0.664. The van der Waals surface area contributed by atoms with Crippen molar-refractivity contribution < 1.29 is 8.42 Å². The molecule has 1 N–H and O–H groups in total. The molecule has 3 aromatic rings. The summed E-state index contributed by atoms with van der Waals surface area (Å²) in [5.74, 6) is 0. The molecule has 4 nitrogen and oxygen atoms in total. The first-order valence-corrected chi connectivity index (χ1v) is 10.6. The van der Waals surface area contributed by atoms with Crippen LogP contribution in [0.15, 0.2) is 44.3 Å². The number of nitrogens with zero attached hydrogens (tertiary/aromatic N) is 1. The zero-order valence-corrected chi connectivity index (χ0v) is 15.2. The fraction of sp³-hybridized carbons (Fsp3) is 0.214. The number of sulfonamides is 1. The number of benzene rings is 1. The van der Waals surface area contributed by atoms with E-state index in [9.17, 15) is 8.42 Å². The third-order valence-corrected chi connectivity index (χ3v) is 7.61. The molecule has 0 atom stereocenters. The Bertz CT molecular complexity index is 883. The summed E-state index contributed by atoms with van der Waals surface area (Å²) in [5.41, 5.74) is 1.46. The first-order chi connectivity index (χ1) is 10.4. The highest BCUT2D eigenvalue weighted by atomic mass is 32.2. The molecule has 2 aromatic heterocycles. The highest BCUT2D eigenvalue weighted by Gasteiger charge is 2.16. The molecule has 3 rings (SSSR count). The van der Waals surface area contributed by atoms with Gasteiger partial charge in [-0.2, -0.15) is 0 Å². The summed E-state index contributed by atoms with van der Waals surface area (Å²) in [4.78, 5) is 4.55. The number of aromatic nitrogens is 1. The van der Waals surface area contributed by atoms with Crippen LogP contribution in [0.3, 0.4) is 0 Å². The smallest absolute Gasteiger partial charge is 0.271 e. The highest BCUT2D eigenvalue weighted by molar-refractivity contribution is 8.01. The number of rotatable bonds is 5. The van der Waals surface area contributed by atoms with Gasteiger partial charge >= 0.3 is 0 Å². The zero-order valence-electron chi connectivity index (χ0n) is 11.9. The Kier molecular flexibility index (Phi) is 4.44. The summed E-state index contributed by atoms with van der Waals surface area (Å²) in [7, 11) is -3.50. The minimum absolute atomic E-state index is 0.313. The van der Waals surface area contributed by atoms with Crippen LogP contribution in [0, 0.1) is 0 Å². The van der Waals surface area contributed by atoms with Gasteiger partial charge in [0, 0.05) is 5.25 Å². The number of thiophene rings is 1. The number of hydrogen-bond acceptors (Lipinski definition) is 6. The van der Waals surface area contributed by atoms with Crippen molar-refractivity contribution in [2.24, 2.45) is 0 Å². The van der Waals surface area contributed by atoms with Gasteiger partial charge in [-0.25, -0.2) is 13.4 Å². The zero-order chi connectivity index (χ0) is 15.7. The number of thiazole rings is 1. The minimum Gasteiger partial charge on any atom is -0.279 e. The van der Waals surface area contributed by atoms with Gasteiger partial charge in [-0.1, -0.05) is 31.7 Å². The van der Waals surface area contributed by atoms with Gasteiger partial charge in [0.1, 0.15) is 4.21 Å². The second-order valence-corrected chi connectivity index (χ2v) is 10.6. The lowest BCUT2D eigenvalue weighted by Crippen LogP contribution is -2.11. The van der Waals surface area contributed by atoms with Gasteiger partial charge in [0.15, 0.2) is 4.34 Å². The van der Waals surface area contributed by atoms with Crippen molar-refractivity contribution in [2.45, 2.75) is 27.6 Å². The van der Waals surface area contributed by atoms with E-state index in [1.165, 1.54) is 11.3 Å². The topological polar surface area (TPSA) is 59.1 Å². The van der Waals surface area contributed by atoms with Crippen molar-refractivity contribution in [3.05, 3.63) is 35.7 Å². The summed E-state index contributed by atoms with van der Waals surface area (Å²) in [6, 6.07) is 8.75. The molecule has 0 aliphatic rings. The fourth-order valence-electron chi connectivity index (χ4n) is 1.84. The van der Waals surface area contributed by atoms with E-state index in [1.54, 1.807) is 46.7 Å². The van der Waals surface area contributed by atoms with Crippen LogP contribution in [0.5, 0.6) is 0 Å². The number of fused-ring (bicyclic) bond motifs is 1. The van der Waals surface area contributed by atoms with E-state index in [-0.39, 0.29) is 0 Å². The number of nitrogens with one attached hydrogen (secondary N) is 1. The maximum absolute atomic E-state index is 12.2. The van der Waals surface area contributed by atoms with Crippen LogP contribution in [0.25, 0.3) is 10.2 Å². The Morgan fingerprint density at radius 2 is 2.09 bits per heavy atom. The standard InChI is InChI=1S/C14H14N2O2S4/c1-9(2)20-14-15-11-6-5-10(8-12(11)21-14)16-22(17,18)13-4-3-7-19-13/h3-9,16H,1-2H3. The van der Waals surface area contributed by atoms with Crippen molar-refractivity contribution in [3.8, 4) is 0 Å². The van der Waals surface area contributed by atoms with E-state index in [4.69, 9.17) is 0 Å². The lowest BCUT2D eigenvalue weighted by Gasteiger charge is -2.05. The Balaban J connectivity index is 1.89. The lowest BCUT2D eigenvalue weighted by atomic mass is 10.3. The predicted molar refractivity (Wildman–Crippen MR) is 95.7 cm³/mol. The molecule has 0 saturated heterocycles. The van der Waals surface area contributed by atoms with Crippen molar-refractivity contribution in [2.75, 3.05) is 4.72 Å². The Hall–Kier alpha value is -1.09. The Labute approximate surface area is 141 Å². The van der Waals surface area contributed by atoms with Crippen LogP contribution in [0.1, 0.15) is 13.8 Å². The van der Waals surface area contributed by atoms with Gasteiger partial charge in [0.05, 0.1) is 15.9 Å². The van der Waals surface area contributed by atoms with E-state index in [0.717, 1.165) is 14.6 Å². The van der Waals surface area contributed by atoms with Gasteiger partial charge in [0.2, 0.25) is 0 Å². The minimum atomic E-state index is -3.50. The molecule has 8 heteroatoms. The summed E-state index contributed by atoms with van der Waals surface area (Å²) in [5, 5.41) is 2.22. The van der Waals surface area contributed by atoms with Crippen LogP contribution >= 0.6 is 34.4 Å². The number of hydrogen-bond donors (Lipinski definition) is 1. The van der Waals surface area contributed by atoms with Crippen LogP contribution < -0.4 is 4.72 Å². The van der Waals surface area contributed by atoms with E-state index in [1.807, 2.05) is 12.1 Å². The summed E-state index contributed by atoms with van der Waals surface area (Å²) < 4.78 is 29.4. The van der Waals surface area contributed by atoms with Gasteiger partial charge in [-0.15, -0.1) is 22.7 Å². The molecule has 0 aliphatic carbocycles. The summed E-state index contributed by atoms with van der Waals surface area (Å²) in [6.07, 6.45) is 0. The monoisotopic (exact) mass is 370 g/mol. The SMILES string of the molecule is CC(C)Sc1nc2ccc(NS(=O)(=O)c3cccs3)cc2s1. The first kappa shape index (κ1) is 15.8. The summed E-state index contributed by atoms with van der Waals surface area (Å²) >= 11 is 4.49. The van der Waals surface area contributed by atoms with Gasteiger partial charge in [-0.05, 0) is 29.6 Å². The molecule has 0 fully saturated rings. The van der Waals surface area contributed by atoms with E-state index in [2.05, 4.69) is 23.6 Å². The largest absolute Gasteiger partial charge is 0.279 e. The third kappa shape index (κ3) is 3.45. The molecule has 2 heterocycles. The van der Waals surface area contributed by atoms with Crippen molar-refractivity contribution in [1.82, 2.24) is 4.98 Å². The van der Waals surface area contributed by atoms with Crippen molar-refractivity contribution in [1.29, 1.82) is 0 Å². The van der Waals surface area contributed by atoms with E-state index < -0.39 is 10.0 Å². The lowest BCUT2D eigenvalue weighted by molar-refractivity contribution is 0.603. The van der Waals surface area contributed by atoms with E-state index >= 15 is 0 Å². The van der Waals surface area contributed by atoms with Gasteiger partial charge < -0.3 is 0 Å². The fourth-order valence-corrected chi connectivity index (χ4v) is 6.21. The van der Waals surface area contributed by atoms with Crippen molar-refractivity contribution >= 4 is 60.4 Å². The molecule has 0 unspecified atom stereocenters. The average molecular weight is 371 g/mol. The maximum Gasteiger partial charge on any atom is 0.271 e. The molecular weight excluding hydrogens is 356 g/mol. The molecule has 1 aromatic carbocycles. The van der Waals surface area contributed by atoms with Crippen LogP contribution in [0.2, 0.25) is 0 Å². The van der Waals surface area contributed by atoms with Crippen LogP contribution in [-0.2, 0) is 10.0 Å². The second-order valence-electron chi connectivity index (χ2n) is 4.87. The van der Waals surface area contributed by atoms with Crippen LogP contribution in [-0.4, -0.2) is 18.7 Å². The maximum atomic E-state index is 12.2. The highest BCUT2D eigenvalue weighted by Crippen LogP contribution is 2.33. The predicted octanol–water partition coefficient (Wildman–Crippen LogP) is 4.66. The Morgan fingerprint density at radius 1 is 1.27 bits per heavy atom. The molecule has 0 saturated carbocycles. The van der Waals surface area contributed by atoms with Gasteiger partial charge in [0.25, 0.3) is 10.0 Å². The molecule has 0 amide bonds. The normalized spacial score (nSPS) is 12.1. The average Bonchev–Trinajstić information content (AvgIpc) is 3.05.